The fourth-order valence-corrected chi connectivity index (χ4v) is 2.63. The highest BCUT2D eigenvalue weighted by Crippen LogP contribution is 2.04. The molecule has 0 aliphatic carbocycles. The van der Waals surface area contributed by atoms with Crippen molar-refractivity contribution in [1.82, 2.24) is 10.3 Å². The van der Waals surface area contributed by atoms with E-state index in [4.69, 9.17) is 5.84 Å². The lowest BCUT2D eigenvalue weighted by molar-refractivity contribution is 0.424. The summed E-state index contributed by atoms with van der Waals surface area (Å²) in [5.74, 6) is 6.78. The molecule has 0 aromatic carbocycles. The summed E-state index contributed by atoms with van der Waals surface area (Å²) < 4.78 is 22.5. The smallest absolute Gasteiger partial charge is 0.208 e. The minimum atomic E-state index is -2.85. The number of hydrogen-bond acceptors (Lipinski definition) is 4. The Hall–Kier alpha value is -0.820. The monoisotopic (exact) mass is 248 g/mol. The van der Waals surface area contributed by atoms with E-state index in [0.29, 0.717) is 31.5 Å². The molecule has 6 nitrogen and oxygen atoms in total. The van der Waals surface area contributed by atoms with Crippen LogP contribution >= 0.6 is 0 Å². The summed E-state index contributed by atoms with van der Waals surface area (Å²) in [6.45, 7) is 5.74. The molecule has 1 aliphatic rings. The SMILES string of the molecule is CC(C)CN=C(NN)N1CCS(=O)(=O)CC1. The standard InChI is InChI=1S/C9H20N4O2S/c1-8(2)7-11-9(12-10)13-3-5-16(14,15)6-4-13/h8H,3-7,10H2,1-2H3,(H,11,12). The lowest BCUT2D eigenvalue weighted by atomic mass is 10.2. The number of nitrogens with two attached hydrogens (primary N) is 1. The molecule has 7 heteroatoms. The van der Waals surface area contributed by atoms with Gasteiger partial charge in [-0.3, -0.25) is 10.4 Å². The van der Waals surface area contributed by atoms with Gasteiger partial charge in [-0.1, -0.05) is 13.8 Å². The third-order valence-electron chi connectivity index (χ3n) is 2.38. The molecule has 1 aliphatic heterocycles. The first kappa shape index (κ1) is 13.2. The van der Waals surface area contributed by atoms with E-state index in [-0.39, 0.29) is 11.5 Å². The molecule has 0 unspecified atom stereocenters. The first-order valence-electron chi connectivity index (χ1n) is 5.41. The maximum absolute atomic E-state index is 11.3. The molecule has 16 heavy (non-hydrogen) atoms. The van der Waals surface area contributed by atoms with Crippen molar-refractivity contribution in [1.29, 1.82) is 0 Å². The highest BCUT2D eigenvalue weighted by atomic mass is 32.2. The molecule has 94 valence electrons. The average Bonchev–Trinajstić information content (AvgIpc) is 2.20. The highest BCUT2D eigenvalue weighted by molar-refractivity contribution is 7.91. The van der Waals surface area contributed by atoms with Crippen molar-refractivity contribution in [3.05, 3.63) is 0 Å². The van der Waals surface area contributed by atoms with Crippen molar-refractivity contribution < 1.29 is 8.42 Å². The Balaban J connectivity index is 2.59. The molecule has 0 bridgehead atoms. The molecule has 0 amide bonds. The van der Waals surface area contributed by atoms with Crippen LogP contribution in [0.15, 0.2) is 4.99 Å². The van der Waals surface area contributed by atoms with Crippen LogP contribution in [0.2, 0.25) is 0 Å². The van der Waals surface area contributed by atoms with Crippen molar-refractivity contribution in [3.8, 4) is 0 Å². The van der Waals surface area contributed by atoms with Crippen LogP contribution < -0.4 is 11.3 Å². The van der Waals surface area contributed by atoms with Crippen molar-refractivity contribution >= 4 is 15.8 Å². The van der Waals surface area contributed by atoms with Crippen LogP contribution in [0.25, 0.3) is 0 Å². The fraction of sp³-hybridized carbons (Fsp3) is 0.889. The quantitative estimate of drug-likeness (QED) is 0.289. The third kappa shape index (κ3) is 3.97. The predicted molar refractivity (Wildman–Crippen MR) is 64.7 cm³/mol. The highest BCUT2D eigenvalue weighted by Gasteiger charge is 2.23. The van der Waals surface area contributed by atoms with Gasteiger partial charge in [0.05, 0.1) is 11.5 Å². The number of guanidine groups is 1. The molecule has 1 heterocycles. The maximum atomic E-state index is 11.3. The van der Waals surface area contributed by atoms with Crippen LogP contribution in [0.1, 0.15) is 13.8 Å². The topological polar surface area (TPSA) is 87.8 Å². The van der Waals surface area contributed by atoms with E-state index in [1.807, 2.05) is 4.90 Å². The van der Waals surface area contributed by atoms with E-state index >= 15 is 0 Å². The summed E-state index contributed by atoms with van der Waals surface area (Å²) in [7, 11) is -2.85. The van der Waals surface area contributed by atoms with Crippen LogP contribution in [0, 0.1) is 5.92 Å². The normalized spacial score (nSPS) is 21.2. The molecule has 1 fully saturated rings. The van der Waals surface area contributed by atoms with E-state index in [2.05, 4.69) is 24.3 Å². The first-order valence-corrected chi connectivity index (χ1v) is 7.23. The zero-order valence-corrected chi connectivity index (χ0v) is 10.6. The van der Waals surface area contributed by atoms with Gasteiger partial charge >= 0.3 is 0 Å². The lowest BCUT2D eigenvalue weighted by Gasteiger charge is -2.29. The predicted octanol–water partition coefficient (Wildman–Crippen LogP) is -0.808. The van der Waals surface area contributed by atoms with Gasteiger partial charge in [-0.25, -0.2) is 14.3 Å². The summed E-state index contributed by atoms with van der Waals surface area (Å²) in [6.07, 6.45) is 0. The average molecular weight is 248 g/mol. The third-order valence-corrected chi connectivity index (χ3v) is 3.99. The Morgan fingerprint density at radius 3 is 2.44 bits per heavy atom. The summed E-state index contributed by atoms with van der Waals surface area (Å²) in [6, 6.07) is 0. The van der Waals surface area contributed by atoms with Crippen molar-refractivity contribution in [3.63, 3.8) is 0 Å². The molecular formula is C9H20N4O2S. The number of hydrogen-bond donors (Lipinski definition) is 2. The number of aliphatic imine (C=N–C) groups is 1. The molecule has 0 spiro atoms. The van der Waals surface area contributed by atoms with E-state index in [0.717, 1.165) is 0 Å². The minimum absolute atomic E-state index is 0.176. The zero-order chi connectivity index (χ0) is 12.2. The van der Waals surface area contributed by atoms with Crippen molar-refractivity contribution in [2.24, 2.45) is 16.8 Å². The Kier molecular flexibility index (Phi) is 4.55. The van der Waals surface area contributed by atoms with Crippen molar-refractivity contribution in [2.45, 2.75) is 13.8 Å². The van der Waals surface area contributed by atoms with Crippen LogP contribution in [-0.2, 0) is 9.84 Å². The Morgan fingerprint density at radius 2 is 2.00 bits per heavy atom. The number of sulfone groups is 1. The van der Waals surface area contributed by atoms with Gasteiger partial charge in [0.1, 0.15) is 0 Å². The zero-order valence-electron chi connectivity index (χ0n) is 9.81. The van der Waals surface area contributed by atoms with Gasteiger partial charge in [0.25, 0.3) is 0 Å². The molecule has 3 N–H and O–H groups in total. The molecule has 0 saturated carbocycles. The second kappa shape index (κ2) is 5.49. The summed E-state index contributed by atoms with van der Waals surface area (Å²) in [4.78, 5) is 6.20. The summed E-state index contributed by atoms with van der Waals surface area (Å²) in [5, 5.41) is 0. The largest absolute Gasteiger partial charge is 0.340 e. The van der Waals surface area contributed by atoms with E-state index < -0.39 is 9.84 Å². The van der Waals surface area contributed by atoms with Crippen LogP contribution in [-0.4, -0.2) is 50.4 Å². The summed E-state index contributed by atoms with van der Waals surface area (Å²) in [5.41, 5.74) is 2.54. The molecule has 1 rings (SSSR count). The number of hydrazine groups is 1. The number of rotatable bonds is 2. The molecule has 0 atom stereocenters. The molecule has 0 aromatic heterocycles. The van der Waals surface area contributed by atoms with Gasteiger partial charge in [0.2, 0.25) is 5.96 Å². The Morgan fingerprint density at radius 1 is 1.44 bits per heavy atom. The molecule has 0 radical (unpaired) electrons. The lowest BCUT2D eigenvalue weighted by Crippen LogP contribution is -2.51. The van der Waals surface area contributed by atoms with Gasteiger partial charge < -0.3 is 4.90 Å². The summed E-state index contributed by atoms with van der Waals surface area (Å²) >= 11 is 0. The Labute approximate surface area is 96.8 Å². The van der Waals surface area contributed by atoms with Crippen LogP contribution in [0.4, 0.5) is 0 Å². The van der Waals surface area contributed by atoms with E-state index in [9.17, 15) is 8.42 Å². The van der Waals surface area contributed by atoms with Gasteiger partial charge in [-0.05, 0) is 5.92 Å². The minimum Gasteiger partial charge on any atom is -0.340 e. The van der Waals surface area contributed by atoms with E-state index in [1.165, 1.54) is 0 Å². The van der Waals surface area contributed by atoms with Gasteiger partial charge in [0, 0.05) is 19.6 Å². The second-order valence-electron chi connectivity index (χ2n) is 4.34. The fourth-order valence-electron chi connectivity index (χ4n) is 1.43. The molecular weight excluding hydrogens is 228 g/mol. The van der Waals surface area contributed by atoms with E-state index in [1.54, 1.807) is 0 Å². The second-order valence-corrected chi connectivity index (χ2v) is 6.64. The Bertz CT molecular complexity index is 337. The molecule has 1 saturated heterocycles. The van der Waals surface area contributed by atoms with Gasteiger partial charge in [0.15, 0.2) is 9.84 Å². The molecule has 0 aromatic rings. The van der Waals surface area contributed by atoms with Crippen LogP contribution in [0.3, 0.4) is 0 Å². The van der Waals surface area contributed by atoms with Gasteiger partial charge in [-0.15, -0.1) is 0 Å². The number of nitrogens with zero attached hydrogens (tertiary/aromatic N) is 2. The van der Waals surface area contributed by atoms with Crippen molar-refractivity contribution in [2.75, 3.05) is 31.1 Å². The maximum Gasteiger partial charge on any atom is 0.208 e. The van der Waals surface area contributed by atoms with Crippen LogP contribution in [0.5, 0.6) is 0 Å². The first-order chi connectivity index (χ1) is 7.44. The number of nitrogens with one attached hydrogen (secondary N) is 1. The van der Waals surface area contributed by atoms with Gasteiger partial charge in [-0.2, -0.15) is 0 Å².